The second-order valence-corrected chi connectivity index (χ2v) is 7.50. The minimum atomic E-state index is -0.524. The van der Waals surface area contributed by atoms with Crippen LogP contribution >= 0.6 is 11.6 Å². The Kier molecular flexibility index (Phi) is 8.51. The number of hydrogen-bond donors (Lipinski definition) is 1. The first-order valence-electron chi connectivity index (χ1n) is 10.3. The van der Waals surface area contributed by atoms with E-state index in [0.717, 1.165) is 5.69 Å². The highest BCUT2D eigenvalue weighted by molar-refractivity contribution is 6.31. The summed E-state index contributed by atoms with van der Waals surface area (Å²) in [5.74, 6) is 0.0865. The maximum atomic E-state index is 12.9. The fourth-order valence-corrected chi connectivity index (χ4v) is 3.40. The molecule has 2 aromatic carbocycles. The number of nitrogens with one attached hydrogen (secondary N) is 1. The average molecular weight is 451 g/mol. The van der Waals surface area contributed by atoms with Gasteiger partial charge in [0.1, 0.15) is 17.4 Å². The number of benzene rings is 2. The molecule has 0 spiro atoms. The Labute approximate surface area is 192 Å². The number of carbonyl (C=O) groups excluding carboxylic acids is 1. The molecule has 0 radical (unpaired) electrons. The molecular weight excluding hydrogens is 428 g/mol. The summed E-state index contributed by atoms with van der Waals surface area (Å²) in [5.41, 5.74) is 1.99. The summed E-state index contributed by atoms with van der Waals surface area (Å²) in [4.78, 5) is 15.0. The van der Waals surface area contributed by atoms with Gasteiger partial charge in [-0.05, 0) is 48.4 Å². The van der Waals surface area contributed by atoms with Gasteiger partial charge in [0.15, 0.2) is 0 Å². The fraction of sp³-hybridized carbons (Fsp3) is 0.292. The SMILES string of the molecule is N#CCCCOc1cccc(/C=C(/C#N)C(=O)Nc2cc(Cl)ccc2N2CCOCC2)c1. The third kappa shape index (κ3) is 6.49. The van der Waals surface area contributed by atoms with Crippen LogP contribution in [0, 0.1) is 22.7 Å². The number of ether oxygens (including phenoxy) is 2. The van der Waals surface area contributed by atoms with E-state index in [2.05, 4.69) is 16.3 Å². The number of carbonyl (C=O) groups is 1. The zero-order valence-corrected chi connectivity index (χ0v) is 18.3. The number of unbranched alkanes of at least 4 members (excludes halogenated alkanes) is 1. The lowest BCUT2D eigenvalue weighted by Crippen LogP contribution is -2.36. The van der Waals surface area contributed by atoms with Gasteiger partial charge in [-0.25, -0.2) is 0 Å². The molecular formula is C24H23ClN4O3. The predicted molar refractivity (Wildman–Crippen MR) is 123 cm³/mol. The number of hydrogen-bond acceptors (Lipinski definition) is 6. The van der Waals surface area contributed by atoms with Gasteiger partial charge in [-0.1, -0.05) is 23.7 Å². The molecule has 3 rings (SSSR count). The van der Waals surface area contributed by atoms with Crippen molar-refractivity contribution < 1.29 is 14.3 Å². The fourth-order valence-electron chi connectivity index (χ4n) is 3.23. The van der Waals surface area contributed by atoms with Crippen LogP contribution < -0.4 is 15.0 Å². The maximum absolute atomic E-state index is 12.9. The number of rotatable bonds is 8. The molecule has 0 unspecified atom stereocenters. The van der Waals surface area contributed by atoms with Gasteiger partial charge in [-0.2, -0.15) is 10.5 Å². The molecule has 1 fully saturated rings. The molecule has 1 aliphatic heterocycles. The lowest BCUT2D eigenvalue weighted by Gasteiger charge is -2.30. The van der Waals surface area contributed by atoms with E-state index in [1.165, 1.54) is 6.08 Å². The summed E-state index contributed by atoms with van der Waals surface area (Å²) < 4.78 is 11.0. The maximum Gasteiger partial charge on any atom is 0.266 e. The first-order chi connectivity index (χ1) is 15.6. The van der Waals surface area contributed by atoms with Crippen molar-refractivity contribution >= 4 is 35.0 Å². The van der Waals surface area contributed by atoms with Crippen LogP contribution in [-0.4, -0.2) is 38.8 Å². The summed E-state index contributed by atoms with van der Waals surface area (Å²) in [6.07, 6.45) is 2.57. The van der Waals surface area contributed by atoms with Crippen LogP contribution in [-0.2, 0) is 9.53 Å². The van der Waals surface area contributed by atoms with E-state index in [4.69, 9.17) is 26.3 Å². The summed E-state index contributed by atoms with van der Waals surface area (Å²) in [7, 11) is 0. The van der Waals surface area contributed by atoms with Gasteiger partial charge in [0, 0.05) is 24.5 Å². The summed E-state index contributed by atoms with van der Waals surface area (Å²) in [6.45, 7) is 3.03. The molecule has 2 aromatic rings. The third-order valence-electron chi connectivity index (χ3n) is 4.79. The molecule has 32 heavy (non-hydrogen) atoms. The van der Waals surface area contributed by atoms with Crippen molar-refractivity contribution in [2.75, 3.05) is 43.1 Å². The average Bonchev–Trinajstić information content (AvgIpc) is 2.81. The number of morpholine rings is 1. The minimum Gasteiger partial charge on any atom is -0.494 e. The number of halogens is 1. The first kappa shape index (κ1) is 23.1. The molecule has 1 N–H and O–H groups in total. The number of anilines is 2. The Bertz CT molecular complexity index is 1070. The van der Waals surface area contributed by atoms with Gasteiger partial charge >= 0.3 is 0 Å². The highest BCUT2D eigenvalue weighted by atomic mass is 35.5. The molecule has 7 nitrogen and oxygen atoms in total. The minimum absolute atomic E-state index is 0.0421. The van der Waals surface area contributed by atoms with Crippen molar-refractivity contribution in [3.63, 3.8) is 0 Å². The van der Waals surface area contributed by atoms with Crippen LogP contribution in [0.4, 0.5) is 11.4 Å². The van der Waals surface area contributed by atoms with E-state index < -0.39 is 5.91 Å². The number of amides is 1. The van der Waals surface area contributed by atoms with Crippen LogP contribution in [0.1, 0.15) is 18.4 Å². The standard InChI is InChI=1S/C24H23ClN4O3/c25-20-6-7-23(29-9-12-31-13-10-29)22(16-20)28-24(30)19(17-27)14-18-4-3-5-21(15-18)32-11-2-1-8-26/h3-7,14-16H,1-2,9-13H2,(H,28,30)/b19-14-. The molecule has 0 atom stereocenters. The lowest BCUT2D eigenvalue weighted by molar-refractivity contribution is -0.112. The van der Waals surface area contributed by atoms with Crippen LogP contribution in [0.2, 0.25) is 5.02 Å². The molecule has 164 valence electrons. The van der Waals surface area contributed by atoms with Crippen LogP contribution in [0.3, 0.4) is 0 Å². The Morgan fingerprint density at radius 2 is 2.03 bits per heavy atom. The second kappa shape index (κ2) is 11.8. The highest BCUT2D eigenvalue weighted by Crippen LogP contribution is 2.30. The first-order valence-corrected chi connectivity index (χ1v) is 10.6. The Morgan fingerprint density at radius 3 is 2.78 bits per heavy atom. The van der Waals surface area contributed by atoms with Crippen molar-refractivity contribution in [1.82, 2.24) is 0 Å². The largest absolute Gasteiger partial charge is 0.494 e. The van der Waals surface area contributed by atoms with Gasteiger partial charge in [0.2, 0.25) is 0 Å². The quantitative estimate of drug-likeness (QED) is 0.363. The Morgan fingerprint density at radius 1 is 1.22 bits per heavy atom. The summed E-state index contributed by atoms with van der Waals surface area (Å²) in [6, 6.07) is 16.4. The number of nitriles is 2. The van der Waals surface area contributed by atoms with Gasteiger partial charge in [0.25, 0.3) is 5.91 Å². The van der Waals surface area contributed by atoms with Crippen LogP contribution in [0.15, 0.2) is 48.0 Å². The topological polar surface area (TPSA) is 98.4 Å². The van der Waals surface area contributed by atoms with Crippen LogP contribution in [0.25, 0.3) is 6.08 Å². The van der Waals surface area contributed by atoms with E-state index >= 15 is 0 Å². The third-order valence-corrected chi connectivity index (χ3v) is 5.03. The monoisotopic (exact) mass is 450 g/mol. The van der Waals surface area contributed by atoms with E-state index in [1.54, 1.807) is 36.4 Å². The zero-order valence-electron chi connectivity index (χ0n) is 17.5. The van der Waals surface area contributed by atoms with Gasteiger partial charge < -0.3 is 19.7 Å². The van der Waals surface area contributed by atoms with Crippen LogP contribution in [0.5, 0.6) is 5.75 Å². The molecule has 1 saturated heterocycles. The molecule has 0 bridgehead atoms. The molecule has 8 heteroatoms. The smallest absolute Gasteiger partial charge is 0.266 e. The van der Waals surface area contributed by atoms with Crippen molar-refractivity contribution in [3.8, 4) is 17.9 Å². The Hall–Kier alpha value is -3.52. The van der Waals surface area contributed by atoms with Crippen molar-refractivity contribution in [2.24, 2.45) is 0 Å². The van der Waals surface area contributed by atoms with E-state index in [1.807, 2.05) is 12.1 Å². The van der Waals surface area contributed by atoms with E-state index in [9.17, 15) is 10.1 Å². The molecule has 1 aliphatic rings. The summed E-state index contributed by atoms with van der Waals surface area (Å²) >= 11 is 6.16. The van der Waals surface area contributed by atoms with Crippen molar-refractivity contribution in [2.45, 2.75) is 12.8 Å². The summed E-state index contributed by atoms with van der Waals surface area (Å²) in [5, 5.41) is 21.5. The zero-order chi connectivity index (χ0) is 22.8. The second-order valence-electron chi connectivity index (χ2n) is 7.07. The van der Waals surface area contributed by atoms with Crippen molar-refractivity contribution in [3.05, 3.63) is 58.6 Å². The molecule has 0 aromatic heterocycles. The van der Waals surface area contributed by atoms with E-state index in [0.29, 0.717) is 67.8 Å². The normalized spacial score (nSPS) is 13.7. The lowest BCUT2D eigenvalue weighted by atomic mass is 10.1. The molecule has 1 amide bonds. The van der Waals surface area contributed by atoms with Gasteiger partial charge in [-0.3, -0.25) is 4.79 Å². The van der Waals surface area contributed by atoms with Gasteiger partial charge in [0.05, 0.1) is 37.3 Å². The predicted octanol–water partition coefficient (Wildman–Crippen LogP) is 4.40. The molecule has 0 aliphatic carbocycles. The molecule has 0 saturated carbocycles. The number of nitrogens with zero attached hydrogens (tertiary/aromatic N) is 3. The Balaban J connectivity index is 1.76. The highest BCUT2D eigenvalue weighted by Gasteiger charge is 2.18. The molecule has 1 heterocycles. The van der Waals surface area contributed by atoms with Crippen molar-refractivity contribution in [1.29, 1.82) is 10.5 Å². The van der Waals surface area contributed by atoms with Gasteiger partial charge in [-0.15, -0.1) is 0 Å². The van der Waals surface area contributed by atoms with E-state index in [-0.39, 0.29) is 5.57 Å².